The van der Waals surface area contributed by atoms with E-state index in [0.29, 0.717) is 13.0 Å². The van der Waals surface area contributed by atoms with E-state index in [1.165, 1.54) is 12.0 Å². The first kappa shape index (κ1) is 16.5. The number of likely N-dealkylation sites (tertiary alicyclic amines) is 1. The molecule has 2 atom stereocenters. The zero-order valence-corrected chi connectivity index (χ0v) is 13.1. The SMILES string of the molecule is COc1cc(F)c(F)cc1NC(=O)N1C[C@@H]2CCC[C@@]2(C(=O)O)C1. The Morgan fingerprint density at radius 1 is 1.38 bits per heavy atom. The van der Waals surface area contributed by atoms with E-state index in [9.17, 15) is 23.5 Å². The summed E-state index contributed by atoms with van der Waals surface area (Å²) < 4.78 is 31.6. The molecule has 1 heterocycles. The lowest BCUT2D eigenvalue weighted by Crippen LogP contribution is -2.38. The van der Waals surface area contributed by atoms with Crippen molar-refractivity contribution in [3.63, 3.8) is 0 Å². The van der Waals surface area contributed by atoms with Crippen LogP contribution in [0.3, 0.4) is 0 Å². The molecule has 2 N–H and O–H groups in total. The van der Waals surface area contributed by atoms with E-state index >= 15 is 0 Å². The van der Waals surface area contributed by atoms with Gasteiger partial charge in [0.05, 0.1) is 18.2 Å². The molecule has 1 saturated carbocycles. The van der Waals surface area contributed by atoms with Crippen molar-refractivity contribution >= 4 is 17.7 Å². The smallest absolute Gasteiger partial charge is 0.321 e. The molecule has 2 fully saturated rings. The van der Waals surface area contributed by atoms with Crippen LogP contribution < -0.4 is 10.1 Å². The Labute approximate surface area is 137 Å². The third-order valence-corrected chi connectivity index (χ3v) is 5.07. The Bertz CT molecular complexity index is 697. The van der Waals surface area contributed by atoms with Crippen LogP contribution in [-0.4, -0.2) is 42.2 Å². The van der Waals surface area contributed by atoms with E-state index < -0.39 is 29.0 Å². The number of aliphatic carboxylic acids is 1. The van der Waals surface area contributed by atoms with Crippen molar-refractivity contribution in [3.8, 4) is 5.75 Å². The Morgan fingerprint density at radius 2 is 2.08 bits per heavy atom. The molecule has 8 heteroatoms. The highest BCUT2D eigenvalue weighted by Crippen LogP contribution is 2.49. The number of halogens is 2. The average Bonchev–Trinajstić information content (AvgIpc) is 3.08. The third kappa shape index (κ3) is 2.55. The van der Waals surface area contributed by atoms with Gasteiger partial charge in [0.2, 0.25) is 0 Å². The quantitative estimate of drug-likeness (QED) is 0.887. The van der Waals surface area contributed by atoms with E-state index in [0.717, 1.165) is 25.0 Å². The van der Waals surface area contributed by atoms with Gasteiger partial charge in [-0.25, -0.2) is 13.6 Å². The van der Waals surface area contributed by atoms with Crippen molar-refractivity contribution in [1.29, 1.82) is 0 Å². The number of carbonyl (C=O) groups excluding carboxylic acids is 1. The number of carboxylic acids is 1. The van der Waals surface area contributed by atoms with Gasteiger partial charge in [-0.2, -0.15) is 0 Å². The van der Waals surface area contributed by atoms with Gasteiger partial charge in [0, 0.05) is 25.2 Å². The summed E-state index contributed by atoms with van der Waals surface area (Å²) in [5, 5.41) is 12.0. The zero-order chi connectivity index (χ0) is 17.5. The Morgan fingerprint density at radius 3 is 2.71 bits per heavy atom. The zero-order valence-electron chi connectivity index (χ0n) is 13.1. The number of fused-ring (bicyclic) bond motifs is 1. The van der Waals surface area contributed by atoms with Crippen LogP contribution >= 0.6 is 0 Å². The van der Waals surface area contributed by atoms with Crippen LogP contribution in [0.2, 0.25) is 0 Å². The third-order valence-electron chi connectivity index (χ3n) is 5.07. The molecular weight excluding hydrogens is 322 g/mol. The van der Waals surface area contributed by atoms with Crippen LogP contribution in [0.25, 0.3) is 0 Å². The number of ether oxygens (including phenoxy) is 1. The van der Waals surface area contributed by atoms with Gasteiger partial charge in [-0.05, 0) is 18.8 Å². The number of amides is 2. The van der Waals surface area contributed by atoms with Gasteiger partial charge in [-0.1, -0.05) is 6.42 Å². The van der Waals surface area contributed by atoms with Gasteiger partial charge < -0.3 is 20.1 Å². The minimum Gasteiger partial charge on any atom is -0.494 e. The molecule has 1 aromatic carbocycles. The van der Waals surface area contributed by atoms with Crippen molar-refractivity contribution in [2.45, 2.75) is 19.3 Å². The molecule has 0 unspecified atom stereocenters. The van der Waals surface area contributed by atoms with Crippen LogP contribution in [0.4, 0.5) is 19.3 Å². The second kappa shape index (κ2) is 5.92. The summed E-state index contributed by atoms with van der Waals surface area (Å²) in [6, 6.07) is 1.15. The normalized spacial score (nSPS) is 25.5. The molecule has 3 rings (SSSR count). The molecule has 6 nitrogen and oxygen atoms in total. The minimum absolute atomic E-state index is 0.00262. The van der Waals surface area contributed by atoms with Crippen LogP contribution in [0, 0.1) is 23.0 Å². The van der Waals surface area contributed by atoms with Gasteiger partial charge in [0.1, 0.15) is 5.75 Å². The fourth-order valence-electron chi connectivity index (χ4n) is 3.78. The van der Waals surface area contributed by atoms with Crippen LogP contribution in [-0.2, 0) is 4.79 Å². The number of carboxylic acid groups (broad SMARTS) is 1. The number of hydrogen-bond donors (Lipinski definition) is 2. The van der Waals surface area contributed by atoms with Crippen LogP contribution in [0.15, 0.2) is 12.1 Å². The Kier molecular flexibility index (Phi) is 4.06. The minimum atomic E-state index is -1.11. The summed E-state index contributed by atoms with van der Waals surface area (Å²) in [5.74, 6) is -3.15. The van der Waals surface area contributed by atoms with Gasteiger partial charge in [-0.15, -0.1) is 0 Å². The maximum absolute atomic E-state index is 13.4. The number of anilines is 1. The van der Waals surface area contributed by atoms with Crippen molar-refractivity contribution in [2.75, 3.05) is 25.5 Å². The van der Waals surface area contributed by atoms with E-state index in [1.54, 1.807) is 0 Å². The number of nitrogens with one attached hydrogen (secondary N) is 1. The van der Waals surface area contributed by atoms with Crippen molar-refractivity contribution in [2.24, 2.45) is 11.3 Å². The molecule has 1 aliphatic heterocycles. The standard InChI is InChI=1S/C16H18F2N2O4/c1-24-13-6-11(18)10(17)5-12(13)19-15(23)20-7-9-3-2-4-16(9,8-20)14(21)22/h5-6,9H,2-4,7-8H2,1H3,(H,19,23)(H,21,22)/t9-,16+/m0/s1. The fraction of sp³-hybridized carbons (Fsp3) is 0.500. The van der Waals surface area contributed by atoms with Gasteiger partial charge in [0.25, 0.3) is 0 Å². The fourth-order valence-corrected chi connectivity index (χ4v) is 3.78. The molecule has 2 aliphatic rings. The van der Waals surface area contributed by atoms with Gasteiger partial charge >= 0.3 is 12.0 Å². The molecule has 130 valence electrons. The van der Waals surface area contributed by atoms with Crippen LogP contribution in [0.1, 0.15) is 19.3 Å². The Balaban J connectivity index is 1.77. The molecule has 0 aromatic heterocycles. The molecule has 0 bridgehead atoms. The number of hydrogen-bond acceptors (Lipinski definition) is 3. The second-order valence-electron chi connectivity index (χ2n) is 6.33. The van der Waals surface area contributed by atoms with Crippen molar-refractivity contribution < 1.29 is 28.2 Å². The lowest BCUT2D eigenvalue weighted by Gasteiger charge is -2.23. The van der Waals surface area contributed by atoms with Crippen molar-refractivity contribution in [3.05, 3.63) is 23.8 Å². The van der Waals surface area contributed by atoms with Gasteiger partial charge in [-0.3, -0.25) is 4.79 Å². The molecule has 0 radical (unpaired) electrons. The Hall–Kier alpha value is -2.38. The van der Waals surface area contributed by atoms with E-state index in [-0.39, 0.29) is 23.9 Å². The first-order valence-corrected chi connectivity index (χ1v) is 7.70. The molecule has 24 heavy (non-hydrogen) atoms. The molecule has 2 amide bonds. The van der Waals surface area contributed by atoms with Crippen LogP contribution in [0.5, 0.6) is 5.75 Å². The number of methoxy groups -OCH3 is 1. The van der Waals surface area contributed by atoms with Gasteiger partial charge in [0.15, 0.2) is 11.6 Å². The summed E-state index contributed by atoms with van der Waals surface area (Å²) in [6.45, 7) is 0.453. The van der Waals surface area contributed by atoms with E-state index in [1.807, 2.05) is 0 Å². The topological polar surface area (TPSA) is 78.9 Å². The lowest BCUT2D eigenvalue weighted by molar-refractivity contribution is -0.149. The average molecular weight is 340 g/mol. The maximum Gasteiger partial charge on any atom is 0.321 e. The summed E-state index contributed by atoms with van der Waals surface area (Å²) >= 11 is 0. The summed E-state index contributed by atoms with van der Waals surface area (Å²) in [4.78, 5) is 25.5. The number of benzene rings is 1. The van der Waals surface area contributed by atoms with E-state index in [2.05, 4.69) is 5.32 Å². The predicted molar refractivity (Wildman–Crippen MR) is 80.9 cm³/mol. The highest BCUT2D eigenvalue weighted by molar-refractivity contribution is 5.92. The summed E-state index contributed by atoms with van der Waals surface area (Å²) in [5.41, 5.74) is -0.891. The number of nitrogens with zero attached hydrogens (tertiary/aromatic N) is 1. The number of rotatable bonds is 3. The molecule has 0 spiro atoms. The number of urea groups is 1. The molecule has 1 aliphatic carbocycles. The highest BCUT2D eigenvalue weighted by Gasteiger charge is 2.55. The lowest BCUT2D eigenvalue weighted by atomic mass is 9.81. The monoisotopic (exact) mass is 340 g/mol. The first-order chi connectivity index (χ1) is 11.4. The summed E-state index contributed by atoms with van der Waals surface area (Å²) in [7, 11) is 1.28. The first-order valence-electron chi connectivity index (χ1n) is 7.70. The molecule has 1 aromatic rings. The predicted octanol–water partition coefficient (Wildman–Crippen LogP) is 2.69. The van der Waals surface area contributed by atoms with E-state index in [4.69, 9.17) is 4.74 Å². The number of carbonyl (C=O) groups is 2. The highest BCUT2D eigenvalue weighted by atomic mass is 19.2. The molecular formula is C16H18F2N2O4. The molecule has 1 saturated heterocycles. The largest absolute Gasteiger partial charge is 0.494 e. The second-order valence-corrected chi connectivity index (χ2v) is 6.33. The summed E-state index contributed by atoms with van der Waals surface area (Å²) in [6.07, 6.45) is 2.15. The maximum atomic E-state index is 13.4. The van der Waals surface area contributed by atoms with Crippen molar-refractivity contribution in [1.82, 2.24) is 4.90 Å².